The van der Waals surface area contributed by atoms with E-state index in [1.165, 1.54) is 11.6 Å². The highest BCUT2D eigenvalue weighted by atomic mass is 16.6. The molecule has 0 bridgehead atoms. The van der Waals surface area contributed by atoms with Crippen molar-refractivity contribution in [2.75, 3.05) is 6.54 Å². The number of nitrogens with one attached hydrogen (secondary N) is 1. The number of hydrogen-bond donors (Lipinski definition) is 1. The summed E-state index contributed by atoms with van der Waals surface area (Å²) in [7, 11) is 0. The van der Waals surface area contributed by atoms with Crippen LogP contribution in [0.1, 0.15) is 48.7 Å². The van der Waals surface area contributed by atoms with Crippen molar-refractivity contribution in [2.45, 2.75) is 45.9 Å². The molecule has 0 saturated carbocycles. The Bertz CT molecular complexity index is 1450. The molecule has 0 aliphatic carbocycles. The highest BCUT2D eigenvalue weighted by Crippen LogP contribution is 2.39. The number of ether oxygens (including phenoxy) is 2. The van der Waals surface area contributed by atoms with Gasteiger partial charge in [-0.3, -0.25) is 15.0 Å². The van der Waals surface area contributed by atoms with Crippen LogP contribution < -0.4 is 4.74 Å². The van der Waals surface area contributed by atoms with Gasteiger partial charge in [-0.2, -0.15) is 0 Å². The Morgan fingerprint density at radius 3 is 2.61 bits per heavy atom. The standard InChI is InChI=1S/C30H31N3O5/c1-20(2)16-28-29-25(14-15-32(28)30(34)38-18-21-8-4-3-5-9-21)24-13-12-23(17-26(24)31-29)37-19-22-10-6-7-11-27(22)33(35)36/h3-13,17,20,28,31H,14-16,18-19H2,1-2H3/t28-/m0/s1. The highest BCUT2D eigenvalue weighted by Gasteiger charge is 2.34. The van der Waals surface area contributed by atoms with E-state index in [2.05, 4.69) is 18.8 Å². The van der Waals surface area contributed by atoms with E-state index in [-0.39, 0.29) is 31.0 Å². The summed E-state index contributed by atoms with van der Waals surface area (Å²) in [6.07, 6.45) is 1.22. The second-order valence-electron chi connectivity index (χ2n) is 10.0. The molecule has 5 rings (SSSR count). The van der Waals surface area contributed by atoms with Gasteiger partial charge in [-0.15, -0.1) is 0 Å². The number of nitrogens with zero attached hydrogens (tertiary/aromatic N) is 2. The Balaban J connectivity index is 1.37. The van der Waals surface area contributed by atoms with Gasteiger partial charge >= 0.3 is 6.09 Å². The number of rotatable bonds is 8. The van der Waals surface area contributed by atoms with Crippen molar-refractivity contribution in [2.24, 2.45) is 5.92 Å². The number of aromatic nitrogens is 1. The lowest BCUT2D eigenvalue weighted by Gasteiger charge is -2.36. The minimum atomic E-state index is -0.396. The highest BCUT2D eigenvalue weighted by molar-refractivity contribution is 5.87. The SMILES string of the molecule is CC(C)C[C@H]1c2[nH]c3cc(OCc4ccccc4[N+](=O)[O-])ccc3c2CCN1C(=O)OCc1ccccc1. The fourth-order valence-corrected chi connectivity index (χ4v) is 5.13. The molecule has 0 unspecified atom stereocenters. The molecular weight excluding hydrogens is 482 g/mol. The van der Waals surface area contributed by atoms with E-state index in [0.717, 1.165) is 35.0 Å². The summed E-state index contributed by atoms with van der Waals surface area (Å²) in [5, 5.41) is 12.4. The first-order valence-electron chi connectivity index (χ1n) is 12.9. The number of para-hydroxylation sites is 1. The van der Waals surface area contributed by atoms with E-state index in [9.17, 15) is 14.9 Å². The molecule has 1 aliphatic rings. The van der Waals surface area contributed by atoms with Gasteiger partial charge in [0, 0.05) is 35.3 Å². The zero-order valence-corrected chi connectivity index (χ0v) is 21.6. The average molecular weight is 514 g/mol. The third-order valence-electron chi connectivity index (χ3n) is 6.94. The number of hydrogen-bond acceptors (Lipinski definition) is 5. The first-order valence-corrected chi connectivity index (χ1v) is 12.9. The quantitative estimate of drug-likeness (QED) is 0.203. The molecule has 8 heteroatoms. The Hall–Kier alpha value is -4.33. The number of nitro groups is 1. The number of H-pyrrole nitrogens is 1. The lowest BCUT2D eigenvalue weighted by molar-refractivity contribution is -0.385. The number of benzene rings is 3. The van der Waals surface area contributed by atoms with Crippen molar-refractivity contribution in [1.82, 2.24) is 9.88 Å². The minimum Gasteiger partial charge on any atom is -0.489 e. The number of nitro benzene ring substituents is 1. The summed E-state index contributed by atoms with van der Waals surface area (Å²) in [5.74, 6) is 0.996. The van der Waals surface area contributed by atoms with Crippen LogP contribution in [0, 0.1) is 16.0 Å². The summed E-state index contributed by atoms with van der Waals surface area (Å²) in [4.78, 5) is 29.5. The molecule has 0 fully saturated rings. The van der Waals surface area contributed by atoms with E-state index in [1.54, 1.807) is 18.2 Å². The molecule has 38 heavy (non-hydrogen) atoms. The summed E-state index contributed by atoms with van der Waals surface area (Å²) in [5.41, 5.74) is 4.68. The molecule has 1 atom stereocenters. The van der Waals surface area contributed by atoms with Crippen LogP contribution in [0.25, 0.3) is 10.9 Å². The summed E-state index contributed by atoms with van der Waals surface area (Å²) in [6, 6.07) is 22.0. The molecule has 196 valence electrons. The summed E-state index contributed by atoms with van der Waals surface area (Å²) < 4.78 is 11.6. The first-order chi connectivity index (χ1) is 18.4. The molecular formula is C30H31N3O5. The van der Waals surface area contributed by atoms with Crippen molar-refractivity contribution in [1.29, 1.82) is 0 Å². The van der Waals surface area contributed by atoms with Gasteiger partial charge in [0.2, 0.25) is 0 Å². The molecule has 1 aromatic heterocycles. The van der Waals surface area contributed by atoms with Crippen molar-refractivity contribution in [3.63, 3.8) is 0 Å². The normalized spacial score (nSPS) is 14.9. The third kappa shape index (κ3) is 5.34. The van der Waals surface area contributed by atoms with Crippen molar-refractivity contribution < 1.29 is 19.2 Å². The Labute approximate surface area is 221 Å². The molecule has 1 N–H and O–H groups in total. The molecule has 1 amide bonds. The van der Waals surface area contributed by atoms with Gasteiger partial charge in [-0.25, -0.2) is 4.79 Å². The second-order valence-corrected chi connectivity index (χ2v) is 10.0. The topological polar surface area (TPSA) is 97.7 Å². The zero-order chi connectivity index (χ0) is 26.6. The largest absolute Gasteiger partial charge is 0.489 e. The lowest BCUT2D eigenvalue weighted by atomic mass is 9.92. The Kier molecular flexibility index (Phi) is 7.31. The summed E-state index contributed by atoms with van der Waals surface area (Å²) in [6.45, 7) is 5.23. The van der Waals surface area contributed by atoms with Crippen LogP contribution in [-0.4, -0.2) is 27.4 Å². The fourth-order valence-electron chi connectivity index (χ4n) is 5.13. The molecule has 2 heterocycles. The number of amides is 1. The second kappa shape index (κ2) is 11.0. The predicted octanol–water partition coefficient (Wildman–Crippen LogP) is 6.94. The number of fused-ring (bicyclic) bond motifs is 3. The van der Waals surface area contributed by atoms with Gasteiger partial charge in [0.15, 0.2) is 0 Å². The number of carbonyl (C=O) groups excluding carboxylic acids is 1. The first kappa shape index (κ1) is 25.3. The summed E-state index contributed by atoms with van der Waals surface area (Å²) >= 11 is 0. The van der Waals surface area contributed by atoms with Gasteiger partial charge in [-0.05, 0) is 48.1 Å². The van der Waals surface area contributed by atoms with Crippen molar-refractivity contribution in [3.8, 4) is 5.75 Å². The van der Waals surface area contributed by atoms with E-state index in [0.29, 0.717) is 23.8 Å². The van der Waals surface area contributed by atoms with Crippen molar-refractivity contribution >= 4 is 22.7 Å². The fraction of sp³-hybridized carbons (Fsp3) is 0.300. The van der Waals surface area contributed by atoms with Gasteiger partial charge in [-0.1, -0.05) is 56.3 Å². The van der Waals surface area contributed by atoms with Crippen LogP contribution in [0.3, 0.4) is 0 Å². The van der Waals surface area contributed by atoms with Crippen LogP contribution in [0.5, 0.6) is 5.75 Å². The molecule has 3 aromatic carbocycles. The molecule has 4 aromatic rings. The Morgan fingerprint density at radius 2 is 1.84 bits per heavy atom. The van der Waals surface area contributed by atoms with Crippen LogP contribution in [-0.2, 0) is 24.4 Å². The third-order valence-corrected chi connectivity index (χ3v) is 6.94. The van der Waals surface area contributed by atoms with Gasteiger partial charge in [0.1, 0.15) is 19.0 Å². The maximum atomic E-state index is 13.2. The predicted molar refractivity (Wildman–Crippen MR) is 145 cm³/mol. The zero-order valence-electron chi connectivity index (χ0n) is 21.6. The van der Waals surface area contributed by atoms with Crippen LogP contribution >= 0.6 is 0 Å². The molecule has 8 nitrogen and oxygen atoms in total. The smallest absolute Gasteiger partial charge is 0.410 e. The van der Waals surface area contributed by atoms with Crippen LogP contribution in [0.15, 0.2) is 72.8 Å². The maximum absolute atomic E-state index is 13.2. The van der Waals surface area contributed by atoms with Gasteiger partial charge in [0.05, 0.1) is 16.5 Å². The molecule has 0 saturated heterocycles. The van der Waals surface area contributed by atoms with Crippen LogP contribution in [0.4, 0.5) is 10.5 Å². The lowest BCUT2D eigenvalue weighted by Crippen LogP contribution is -2.40. The monoisotopic (exact) mass is 513 g/mol. The number of carbonyl (C=O) groups is 1. The van der Waals surface area contributed by atoms with Crippen molar-refractivity contribution in [3.05, 3.63) is 105 Å². The Morgan fingerprint density at radius 1 is 1.08 bits per heavy atom. The van der Waals surface area contributed by atoms with E-state index >= 15 is 0 Å². The van der Waals surface area contributed by atoms with E-state index in [1.807, 2.05) is 53.4 Å². The van der Waals surface area contributed by atoms with E-state index in [4.69, 9.17) is 9.47 Å². The average Bonchev–Trinajstić information content (AvgIpc) is 3.29. The van der Waals surface area contributed by atoms with Crippen LogP contribution in [0.2, 0.25) is 0 Å². The number of aromatic amines is 1. The minimum absolute atomic E-state index is 0.0414. The van der Waals surface area contributed by atoms with Gasteiger partial charge < -0.3 is 14.5 Å². The van der Waals surface area contributed by atoms with E-state index < -0.39 is 4.92 Å². The molecule has 1 aliphatic heterocycles. The van der Waals surface area contributed by atoms with Gasteiger partial charge in [0.25, 0.3) is 5.69 Å². The molecule has 0 radical (unpaired) electrons. The molecule has 0 spiro atoms. The maximum Gasteiger partial charge on any atom is 0.410 e.